The van der Waals surface area contributed by atoms with E-state index in [1.807, 2.05) is 18.2 Å². The van der Waals surface area contributed by atoms with Crippen molar-refractivity contribution in [3.63, 3.8) is 0 Å². The Kier molecular flexibility index (Phi) is 6.06. The number of likely N-dealkylation sites (tertiary alicyclic amines) is 1. The van der Waals surface area contributed by atoms with Crippen LogP contribution in [0.15, 0.2) is 30.3 Å². The van der Waals surface area contributed by atoms with Crippen molar-refractivity contribution in [2.75, 3.05) is 26.3 Å². The number of carbonyl (C=O) groups excluding carboxylic acids is 1. The van der Waals surface area contributed by atoms with Crippen molar-refractivity contribution in [2.45, 2.75) is 50.7 Å². The Hall–Kier alpha value is -1.39. The predicted octanol–water partition coefficient (Wildman–Crippen LogP) is 3.33. The monoisotopic (exact) mass is 317 g/mol. The van der Waals surface area contributed by atoms with Crippen molar-refractivity contribution >= 4 is 5.97 Å². The van der Waals surface area contributed by atoms with E-state index in [0.29, 0.717) is 13.0 Å². The summed E-state index contributed by atoms with van der Waals surface area (Å²) in [5, 5.41) is 0. The molecule has 2 unspecified atom stereocenters. The highest BCUT2D eigenvalue weighted by atomic mass is 16.6. The second-order valence-corrected chi connectivity index (χ2v) is 6.55. The average molecular weight is 317 g/mol. The minimum atomic E-state index is -0.111. The maximum atomic E-state index is 12.3. The van der Waals surface area contributed by atoms with Gasteiger partial charge >= 0.3 is 5.97 Å². The van der Waals surface area contributed by atoms with E-state index in [0.717, 1.165) is 32.5 Å². The molecule has 0 N–H and O–H groups in total. The van der Waals surface area contributed by atoms with Crippen LogP contribution in [-0.2, 0) is 14.3 Å². The van der Waals surface area contributed by atoms with Gasteiger partial charge in [0.15, 0.2) is 0 Å². The van der Waals surface area contributed by atoms with Crippen molar-refractivity contribution in [2.24, 2.45) is 0 Å². The van der Waals surface area contributed by atoms with E-state index in [9.17, 15) is 4.79 Å². The summed E-state index contributed by atoms with van der Waals surface area (Å²) in [6.45, 7) is 3.33. The van der Waals surface area contributed by atoms with Crippen molar-refractivity contribution < 1.29 is 14.3 Å². The molecule has 0 aliphatic carbocycles. The van der Waals surface area contributed by atoms with Crippen LogP contribution in [-0.4, -0.2) is 43.3 Å². The number of rotatable bonds is 6. The summed E-state index contributed by atoms with van der Waals surface area (Å²) < 4.78 is 11.0. The summed E-state index contributed by atoms with van der Waals surface area (Å²) in [4.78, 5) is 14.8. The summed E-state index contributed by atoms with van der Waals surface area (Å²) in [7, 11) is 0. The van der Waals surface area contributed by atoms with Crippen LogP contribution < -0.4 is 0 Å². The summed E-state index contributed by atoms with van der Waals surface area (Å²) in [6.07, 6.45) is 6.33. The lowest BCUT2D eigenvalue weighted by atomic mass is 9.99. The molecule has 0 aromatic heterocycles. The second-order valence-electron chi connectivity index (χ2n) is 6.55. The quantitative estimate of drug-likeness (QED) is 0.755. The highest BCUT2D eigenvalue weighted by Gasteiger charge is 2.26. The van der Waals surface area contributed by atoms with Crippen LogP contribution in [0, 0.1) is 0 Å². The van der Waals surface area contributed by atoms with E-state index < -0.39 is 0 Å². The first-order chi connectivity index (χ1) is 11.3. The molecule has 2 heterocycles. The van der Waals surface area contributed by atoms with Gasteiger partial charge in [0.1, 0.15) is 6.61 Å². The molecule has 0 radical (unpaired) electrons. The number of carbonyl (C=O) groups is 1. The van der Waals surface area contributed by atoms with Gasteiger partial charge in [-0.2, -0.15) is 0 Å². The van der Waals surface area contributed by atoms with Crippen molar-refractivity contribution in [1.82, 2.24) is 4.90 Å². The molecular formula is C19H27NO3. The topological polar surface area (TPSA) is 38.8 Å². The van der Waals surface area contributed by atoms with E-state index in [4.69, 9.17) is 9.47 Å². The molecule has 2 aliphatic heterocycles. The Morgan fingerprint density at radius 3 is 2.65 bits per heavy atom. The van der Waals surface area contributed by atoms with Gasteiger partial charge in [0, 0.05) is 12.6 Å². The normalized spacial score (nSPS) is 23.6. The molecule has 2 saturated heterocycles. The standard InChI is InChI=1S/C19H27NO3/c21-19(23-15-17-10-7-13-22-17)14-18(16-8-3-1-4-9-16)20-11-5-2-6-12-20/h1,3-4,8-9,17-18H,2,5-7,10-15H2. The molecule has 1 aromatic rings. The Morgan fingerprint density at radius 1 is 1.17 bits per heavy atom. The molecule has 23 heavy (non-hydrogen) atoms. The number of hydrogen-bond donors (Lipinski definition) is 0. The molecule has 2 fully saturated rings. The molecular weight excluding hydrogens is 290 g/mol. The van der Waals surface area contributed by atoms with Crippen LogP contribution in [0.1, 0.15) is 50.1 Å². The van der Waals surface area contributed by atoms with E-state index in [-0.39, 0.29) is 18.1 Å². The molecule has 126 valence electrons. The maximum absolute atomic E-state index is 12.3. The lowest BCUT2D eigenvalue weighted by molar-refractivity contribution is -0.148. The molecule has 4 heteroatoms. The third kappa shape index (κ3) is 4.79. The van der Waals surface area contributed by atoms with E-state index >= 15 is 0 Å². The van der Waals surface area contributed by atoms with E-state index in [1.54, 1.807) is 0 Å². The largest absolute Gasteiger partial charge is 0.463 e. The zero-order valence-corrected chi connectivity index (χ0v) is 13.8. The zero-order valence-electron chi connectivity index (χ0n) is 13.8. The van der Waals surface area contributed by atoms with Gasteiger partial charge in [0.2, 0.25) is 0 Å². The highest BCUT2D eigenvalue weighted by molar-refractivity contribution is 5.70. The molecule has 2 aliphatic rings. The van der Waals surface area contributed by atoms with Crippen LogP contribution in [0.2, 0.25) is 0 Å². The van der Waals surface area contributed by atoms with Crippen molar-refractivity contribution in [3.05, 3.63) is 35.9 Å². The molecule has 0 saturated carbocycles. The van der Waals surface area contributed by atoms with Gasteiger partial charge in [-0.05, 0) is 44.3 Å². The lowest BCUT2D eigenvalue weighted by Gasteiger charge is -2.34. The molecule has 4 nitrogen and oxygen atoms in total. The van der Waals surface area contributed by atoms with Gasteiger partial charge in [0.25, 0.3) is 0 Å². The van der Waals surface area contributed by atoms with Gasteiger partial charge in [-0.1, -0.05) is 36.8 Å². The van der Waals surface area contributed by atoms with Gasteiger partial charge in [-0.3, -0.25) is 9.69 Å². The van der Waals surface area contributed by atoms with Gasteiger partial charge in [-0.15, -0.1) is 0 Å². The number of hydrogen-bond acceptors (Lipinski definition) is 4. The fourth-order valence-corrected chi connectivity index (χ4v) is 3.54. The Labute approximate surface area is 138 Å². The minimum Gasteiger partial charge on any atom is -0.463 e. The number of piperidine rings is 1. The summed E-state index contributed by atoms with van der Waals surface area (Å²) >= 11 is 0. The minimum absolute atomic E-state index is 0.101. The predicted molar refractivity (Wildman–Crippen MR) is 89.2 cm³/mol. The number of benzene rings is 1. The number of ether oxygens (including phenoxy) is 2. The summed E-state index contributed by atoms with van der Waals surface area (Å²) in [5.74, 6) is -0.111. The van der Waals surface area contributed by atoms with Gasteiger partial charge in [-0.25, -0.2) is 0 Å². The smallest absolute Gasteiger partial charge is 0.307 e. The number of esters is 1. The van der Waals surface area contributed by atoms with Crippen molar-refractivity contribution in [1.29, 1.82) is 0 Å². The highest BCUT2D eigenvalue weighted by Crippen LogP contribution is 2.28. The average Bonchev–Trinajstić information content (AvgIpc) is 3.13. The third-order valence-electron chi connectivity index (χ3n) is 4.83. The second kappa shape index (κ2) is 8.46. The fourth-order valence-electron chi connectivity index (χ4n) is 3.54. The third-order valence-corrected chi connectivity index (χ3v) is 4.83. The van der Waals surface area contributed by atoms with Gasteiger partial charge < -0.3 is 9.47 Å². The molecule has 3 rings (SSSR count). The van der Waals surface area contributed by atoms with Gasteiger partial charge in [0.05, 0.1) is 12.5 Å². The molecule has 0 amide bonds. The van der Waals surface area contributed by atoms with Crippen molar-refractivity contribution in [3.8, 4) is 0 Å². The summed E-state index contributed by atoms with van der Waals surface area (Å²) in [6, 6.07) is 10.5. The molecule has 2 atom stereocenters. The fraction of sp³-hybridized carbons (Fsp3) is 0.632. The van der Waals surface area contributed by atoms with E-state index in [1.165, 1.54) is 24.8 Å². The van der Waals surface area contributed by atoms with Crippen LogP contribution in [0.25, 0.3) is 0 Å². The Bertz CT molecular complexity index is 479. The first-order valence-electron chi connectivity index (χ1n) is 8.89. The number of nitrogens with zero attached hydrogens (tertiary/aromatic N) is 1. The SMILES string of the molecule is O=C(CC(c1ccccc1)N1CCCCC1)OCC1CCCO1. The van der Waals surface area contributed by atoms with Crippen LogP contribution >= 0.6 is 0 Å². The zero-order chi connectivity index (χ0) is 15.9. The summed E-state index contributed by atoms with van der Waals surface area (Å²) in [5.41, 5.74) is 1.21. The first-order valence-corrected chi connectivity index (χ1v) is 8.89. The molecule has 0 spiro atoms. The van der Waals surface area contributed by atoms with Crippen LogP contribution in [0.4, 0.5) is 0 Å². The lowest BCUT2D eigenvalue weighted by Crippen LogP contribution is -2.35. The Morgan fingerprint density at radius 2 is 1.96 bits per heavy atom. The Balaban J connectivity index is 1.59. The molecule has 1 aromatic carbocycles. The first kappa shape index (κ1) is 16.5. The van der Waals surface area contributed by atoms with E-state index in [2.05, 4.69) is 17.0 Å². The molecule has 0 bridgehead atoms. The maximum Gasteiger partial charge on any atom is 0.307 e. The van der Waals surface area contributed by atoms with Crippen LogP contribution in [0.3, 0.4) is 0 Å². The van der Waals surface area contributed by atoms with Crippen LogP contribution in [0.5, 0.6) is 0 Å².